The van der Waals surface area contributed by atoms with Crippen LogP contribution in [0.3, 0.4) is 0 Å². The van der Waals surface area contributed by atoms with Crippen molar-refractivity contribution in [1.82, 2.24) is 10.3 Å². The maximum absolute atomic E-state index is 5.15. The van der Waals surface area contributed by atoms with E-state index in [1.807, 2.05) is 6.20 Å². The average molecular weight is 287 g/mol. The second-order valence-corrected chi connectivity index (χ2v) is 5.65. The lowest BCUT2D eigenvalue weighted by molar-refractivity contribution is 0.199. The number of nitrogens with one attached hydrogen (secondary N) is 1. The number of methoxy groups -OCH3 is 2. The fraction of sp³-hybridized carbons (Fsp3) is 0.769. The van der Waals surface area contributed by atoms with Crippen LogP contribution < -0.4 is 10.2 Å². The van der Waals surface area contributed by atoms with Crippen molar-refractivity contribution in [3.63, 3.8) is 0 Å². The summed E-state index contributed by atoms with van der Waals surface area (Å²) in [6, 6.07) is 0.426. The van der Waals surface area contributed by atoms with Crippen molar-refractivity contribution in [3.05, 3.63) is 11.1 Å². The van der Waals surface area contributed by atoms with E-state index in [2.05, 4.69) is 29.0 Å². The molecule has 0 aliphatic rings. The molecule has 0 radical (unpaired) electrons. The first-order valence-corrected chi connectivity index (χ1v) is 7.40. The van der Waals surface area contributed by atoms with E-state index in [0.29, 0.717) is 6.04 Å². The van der Waals surface area contributed by atoms with Gasteiger partial charge in [-0.2, -0.15) is 0 Å². The second-order valence-electron chi connectivity index (χ2n) is 4.56. The summed E-state index contributed by atoms with van der Waals surface area (Å²) in [4.78, 5) is 8.02. The summed E-state index contributed by atoms with van der Waals surface area (Å²) in [5.41, 5.74) is 0. The van der Waals surface area contributed by atoms with Gasteiger partial charge in [0, 0.05) is 51.0 Å². The summed E-state index contributed by atoms with van der Waals surface area (Å²) in [7, 11) is 3.44. The highest BCUT2D eigenvalue weighted by atomic mass is 32.1. The first kappa shape index (κ1) is 16.4. The summed E-state index contributed by atoms with van der Waals surface area (Å²) in [6.45, 7) is 8.38. The topological polar surface area (TPSA) is 46.6 Å². The van der Waals surface area contributed by atoms with Crippen LogP contribution in [-0.2, 0) is 16.0 Å². The molecule has 19 heavy (non-hydrogen) atoms. The largest absolute Gasteiger partial charge is 0.383 e. The summed E-state index contributed by atoms with van der Waals surface area (Å²) < 4.78 is 10.2. The van der Waals surface area contributed by atoms with Gasteiger partial charge in [-0.05, 0) is 13.8 Å². The molecule has 1 aromatic heterocycles. The Kier molecular flexibility index (Phi) is 7.97. The maximum atomic E-state index is 5.15. The Hall–Kier alpha value is -0.690. The van der Waals surface area contributed by atoms with E-state index in [1.54, 1.807) is 25.6 Å². The minimum atomic E-state index is 0.426. The lowest BCUT2D eigenvalue weighted by Gasteiger charge is -2.25. The SMILES string of the molecule is COCCNCc1cnc(N(CCOC)C(C)C)s1. The smallest absolute Gasteiger partial charge is 0.185 e. The van der Waals surface area contributed by atoms with Gasteiger partial charge in [0.05, 0.1) is 13.2 Å². The van der Waals surface area contributed by atoms with E-state index in [9.17, 15) is 0 Å². The summed E-state index contributed by atoms with van der Waals surface area (Å²) in [6.07, 6.45) is 1.95. The van der Waals surface area contributed by atoms with Gasteiger partial charge < -0.3 is 19.7 Å². The van der Waals surface area contributed by atoms with Crippen LogP contribution in [0.25, 0.3) is 0 Å². The number of ether oxygens (including phenoxy) is 2. The van der Waals surface area contributed by atoms with Gasteiger partial charge in [0.25, 0.3) is 0 Å². The molecule has 0 spiro atoms. The van der Waals surface area contributed by atoms with E-state index in [1.165, 1.54) is 4.88 Å². The molecule has 1 heterocycles. The number of hydrogen-bond donors (Lipinski definition) is 1. The molecule has 1 aromatic rings. The van der Waals surface area contributed by atoms with Crippen molar-refractivity contribution < 1.29 is 9.47 Å². The van der Waals surface area contributed by atoms with Gasteiger partial charge in [-0.1, -0.05) is 0 Å². The quantitative estimate of drug-likeness (QED) is 0.664. The molecule has 0 unspecified atom stereocenters. The Morgan fingerprint density at radius 2 is 2.05 bits per heavy atom. The Morgan fingerprint density at radius 1 is 1.32 bits per heavy atom. The molecular formula is C13H25N3O2S. The molecule has 0 atom stereocenters. The fourth-order valence-corrected chi connectivity index (χ4v) is 2.70. The summed E-state index contributed by atoms with van der Waals surface area (Å²) >= 11 is 1.73. The fourth-order valence-electron chi connectivity index (χ4n) is 1.66. The Morgan fingerprint density at radius 3 is 2.68 bits per heavy atom. The lowest BCUT2D eigenvalue weighted by atomic mass is 10.3. The zero-order valence-electron chi connectivity index (χ0n) is 12.3. The van der Waals surface area contributed by atoms with Gasteiger partial charge in [0.15, 0.2) is 5.13 Å². The van der Waals surface area contributed by atoms with Gasteiger partial charge in [0.1, 0.15) is 0 Å². The Balaban J connectivity index is 2.50. The van der Waals surface area contributed by atoms with E-state index in [0.717, 1.165) is 38.0 Å². The van der Waals surface area contributed by atoms with Gasteiger partial charge in [-0.15, -0.1) is 11.3 Å². The first-order chi connectivity index (χ1) is 9.19. The second kappa shape index (κ2) is 9.25. The lowest BCUT2D eigenvalue weighted by Crippen LogP contribution is -2.33. The molecule has 1 rings (SSSR count). The van der Waals surface area contributed by atoms with E-state index < -0.39 is 0 Å². The monoisotopic (exact) mass is 287 g/mol. The van der Waals surface area contributed by atoms with E-state index in [4.69, 9.17) is 9.47 Å². The highest BCUT2D eigenvalue weighted by Gasteiger charge is 2.14. The molecule has 0 aliphatic heterocycles. The molecule has 0 saturated carbocycles. The standard InChI is InChI=1S/C13H25N3O2S/c1-11(2)16(6-8-18-4)13-15-10-12(19-13)9-14-5-7-17-3/h10-11,14H,5-9H2,1-4H3. The molecular weight excluding hydrogens is 262 g/mol. The summed E-state index contributed by atoms with van der Waals surface area (Å²) in [5.74, 6) is 0. The van der Waals surface area contributed by atoms with Crippen molar-refractivity contribution in [2.45, 2.75) is 26.4 Å². The average Bonchev–Trinajstić information content (AvgIpc) is 2.83. The van der Waals surface area contributed by atoms with Crippen LogP contribution in [0.5, 0.6) is 0 Å². The third-order valence-electron chi connectivity index (χ3n) is 2.73. The number of aromatic nitrogens is 1. The molecule has 0 bridgehead atoms. The van der Waals surface area contributed by atoms with Crippen LogP contribution in [0, 0.1) is 0 Å². The first-order valence-electron chi connectivity index (χ1n) is 6.59. The van der Waals surface area contributed by atoms with Crippen LogP contribution in [0.1, 0.15) is 18.7 Å². The number of thiazole rings is 1. The van der Waals surface area contributed by atoms with Crippen molar-refractivity contribution in [2.24, 2.45) is 0 Å². The van der Waals surface area contributed by atoms with Gasteiger partial charge in [0.2, 0.25) is 0 Å². The Labute approximate surface area is 119 Å². The van der Waals surface area contributed by atoms with Crippen LogP contribution in [0.4, 0.5) is 5.13 Å². The zero-order valence-corrected chi connectivity index (χ0v) is 13.1. The van der Waals surface area contributed by atoms with E-state index in [-0.39, 0.29) is 0 Å². The molecule has 5 nitrogen and oxygen atoms in total. The molecule has 1 N–H and O–H groups in total. The Bertz CT molecular complexity index is 344. The van der Waals surface area contributed by atoms with E-state index >= 15 is 0 Å². The zero-order chi connectivity index (χ0) is 14.1. The maximum Gasteiger partial charge on any atom is 0.185 e. The predicted molar refractivity (Wildman–Crippen MR) is 80.1 cm³/mol. The number of nitrogens with zero attached hydrogens (tertiary/aromatic N) is 2. The minimum absolute atomic E-state index is 0.426. The van der Waals surface area contributed by atoms with Crippen molar-refractivity contribution >= 4 is 16.5 Å². The molecule has 0 aliphatic carbocycles. The van der Waals surface area contributed by atoms with Crippen LogP contribution in [0.15, 0.2) is 6.20 Å². The molecule has 0 amide bonds. The number of hydrogen-bond acceptors (Lipinski definition) is 6. The van der Waals surface area contributed by atoms with Crippen molar-refractivity contribution in [3.8, 4) is 0 Å². The molecule has 110 valence electrons. The minimum Gasteiger partial charge on any atom is -0.383 e. The number of anilines is 1. The molecule has 0 fully saturated rings. The van der Waals surface area contributed by atoms with Crippen LogP contribution in [0.2, 0.25) is 0 Å². The highest BCUT2D eigenvalue weighted by molar-refractivity contribution is 7.15. The van der Waals surface area contributed by atoms with Crippen LogP contribution in [-0.4, -0.2) is 51.5 Å². The molecule has 0 aromatic carbocycles. The normalized spacial score (nSPS) is 11.2. The van der Waals surface area contributed by atoms with Gasteiger partial charge in [-0.3, -0.25) is 0 Å². The highest BCUT2D eigenvalue weighted by Crippen LogP contribution is 2.24. The van der Waals surface area contributed by atoms with Gasteiger partial charge >= 0.3 is 0 Å². The van der Waals surface area contributed by atoms with Gasteiger partial charge in [-0.25, -0.2) is 4.98 Å². The summed E-state index contributed by atoms with van der Waals surface area (Å²) in [5, 5.41) is 4.39. The molecule has 6 heteroatoms. The third-order valence-corrected chi connectivity index (χ3v) is 3.76. The molecule has 0 saturated heterocycles. The van der Waals surface area contributed by atoms with Crippen LogP contribution >= 0.6 is 11.3 Å². The number of rotatable bonds is 10. The van der Waals surface area contributed by atoms with Crippen molar-refractivity contribution in [2.75, 3.05) is 45.4 Å². The predicted octanol–water partition coefficient (Wildman–Crippen LogP) is 1.74. The van der Waals surface area contributed by atoms with Crippen molar-refractivity contribution in [1.29, 1.82) is 0 Å². The third kappa shape index (κ3) is 5.86.